The summed E-state index contributed by atoms with van der Waals surface area (Å²) in [5, 5.41) is 0. The second kappa shape index (κ2) is 6.21. The van der Waals surface area contributed by atoms with Gasteiger partial charge >= 0.3 is 0 Å². The summed E-state index contributed by atoms with van der Waals surface area (Å²) < 4.78 is 0. The van der Waals surface area contributed by atoms with Crippen LogP contribution in [0, 0.1) is 5.92 Å². The van der Waals surface area contributed by atoms with Crippen LogP contribution in [-0.4, -0.2) is 11.6 Å². The lowest BCUT2D eigenvalue weighted by Gasteiger charge is -2.07. The smallest absolute Gasteiger partial charge is 0.228 e. The molecule has 0 bridgehead atoms. The van der Waals surface area contributed by atoms with Crippen LogP contribution in [0.1, 0.15) is 43.5 Å². The van der Waals surface area contributed by atoms with Crippen LogP contribution < -0.4 is 0 Å². The van der Waals surface area contributed by atoms with Crippen molar-refractivity contribution in [2.45, 2.75) is 33.1 Å². The molecular formula is C14H18O2. The molecule has 0 fully saturated rings. The molecule has 2 heteroatoms. The maximum atomic E-state index is 11.7. The van der Waals surface area contributed by atoms with Crippen molar-refractivity contribution < 1.29 is 9.59 Å². The lowest BCUT2D eigenvalue weighted by atomic mass is 9.96. The predicted molar refractivity (Wildman–Crippen MR) is 64.5 cm³/mol. The van der Waals surface area contributed by atoms with E-state index in [9.17, 15) is 9.59 Å². The Morgan fingerprint density at radius 3 is 2.38 bits per heavy atom. The third-order valence-electron chi connectivity index (χ3n) is 2.60. The summed E-state index contributed by atoms with van der Waals surface area (Å²) >= 11 is 0. The topological polar surface area (TPSA) is 34.1 Å². The summed E-state index contributed by atoms with van der Waals surface area (Å²) in [5.74, 6) is -0.333. The number of hydrogen-bond acceptors (Lipinski definition) is 2. The number of benzene rings is 1. The van der Waals surface area contributed by atoms with E-state index in [1.54, 1.807) is 24.3 Å². The first kappa shape index (κ1) is 12.6. The van der Waals surface area contributed by atoms with Crippen molar-refractivity contribution in [3.63, 3.8) is 0 Å². The first-order valence-electron chi connectivity index (χ1n) is 5.77. The first-order valence-corrected chi connectivity index (χ1v) is 5.77. The quantitative estimate of drug-likeness (QED) is 0.542. The van der Waals surface area contributed by atoms with Crippen molar-refractivity contribution in [2.24, 2.45) is 5.92 Å². The van der Waals surface area contributed by atoms with Gasteiger partial charge in [0.05, 0.1) is 0 Å². The van der Waals surface area contributed by atoms with Crippen LogP contribution in [-0.2, 0) is 4.79 Å². The Balaban J connectivity index is 2.58. The molecule has 0 aromatic heterocycles. The molecule has 1 aromatic carbocycles. The standard InChI is InChI=1S/C14H18O2/c1-3-7-11(2)10-13(15)14(16)12-8-5-4-6-9-12/h4-6,8-9,11H,3,7,10H2,1-2H3. The summed E-state index contributed by atoms with van der Waals surface area (Å²) in [4.78, 5) is 23.4. The van der Waals surface area contributed by atoms with Gasteiger partial charge in [0.1, 0.15) is 0 Å². The molecule has 1 unspecified atom stereocenters. The van der Waals surface area contributed by atoms with Crippen molar-refractivity contribution in [1.29, 1.82) is 0 Å². The van der Waals surface area contributed by atoms with Gasteiger partial charge in [0.25, 0.3) is 0 Å². The highest BCUT2D eigenvalue weighted by atomic mass is 16.2. The number of rotatable bonds is 6. The van der Waals surface area contributed by atoms with Gasteiger partial charge in [-0.15, -0.1) is 0 Å². The fraction of sp³-hybridized carbons (Fsp3) is 0.429. The molecule has 0 radical (unpaired) electrons. The number of Topliss-reactive ketones (excluding diaryl/α,β-unsaturated/α-hetero) is 2. The third-order valence-corrected chi connectivity index (χ3v) is 2.60. The van der Waals surface area contributed by atoms with Gasteiger partial charge in [-0.25, -0.2) is 0 Å². The fourth-order valence-electron chi connectivity index (χ4n) is 1.75. The zero-order valence-corrected chi connectivity index (χ0v) is 9.90. The van der Waals surface area contributed by atoms with E-state index < -0.39 is 0 Å². The van der Waals surface area contributed by atoms with Crippen molar-refractivity contribution in [3.8, 4) is 0 Å². The van der Waals surface area contributed by atoms with E-state index in [1.165, 1.54) is 0 Å². The Labute approximate surface area is 96.7 Å². The predicted octanol–water partition coefficient (Wildman–Crippen LogP) is 3.26. The molecule has 0 aliphatic heterocycles. The van der Waals surface area contributed by atoms with Gasteiger partial charge in [-0.1, -0.05) is 57.0 Å². The molecule has 86 valence electrons. The second-order valence-electron chi connectivity index (χ2n) is 4.22. The lowest BCUT2D eigenvalue weighted by Crippen LogP contribution is -2.16. The normalized spacial score (nSPS) is 12.1. The van der Waals surface area contributed by atoms with Crippen LogP contribution in [0.3, 0.4) is 0 Å². The van der Waals surface area contributed by atoms with E-state index in [4.69, 9.17) is 0 Å². The average molecular weight is 218 g/mol. The molecule has 0 aliphatic carbocycles. The molecule has 1 atom stereocenters. The Morgan fingerprint density at radius 1 is 1.19 bits per heavy atom. The maximum absolute atomic E-state index is 11.7. The highest BCUT2D eigenvalue weighted by Crippen LogP contribution is 2.12. The first-order chi connectivity index (χ1) is 7.65. The number of ketones is 2. The van der Waals surface area contributed by atoms with Crippen LogP contribution in [0.2, 0.25) is 0 Å². The van der Waals surface area contributed by atoms with E-state index in [-0.39, 0.29) is 11.6 Å². The van der Waals surface area contributed by atoms with Gasteiger partial charge in [0, 0.05) is 12.0 Å². The minimum atomic E-state index is -0.358. The van der Waals surface area contributed by atoms with Crippen LogP contribution in [0.25, 0.3) is 0 Å². The van der Waals surface area contributed by atoms with Crippen LogP contribution in [0.5, 0.6) is 0 Å². The molecule has 0 N–H and O–H groups in total. The van der Waals surface area contributed by atoms with Crippen LogP contribution in [0.15, 0.2) is 30.3 Å². The molecule has 16 heavy (non-hydrogen) atoms. The van der Waals surface area contributed by atoms with Crippen molar-refractivity contribution >= 4 is 11.6 Å². The van der Waals surface area contributed by atoms with Gasteiger partial charge in [0.2, 0.25) is 11.6 Å². The van der Waals surface area contributed by atoms with E-state index >= 15 is 0 Å². The molecular weight excluding hydrogens is 200 g/mol. The molecule has 0 heterocycles. The molecule has 0 aliphatic rings. The minimum absolute atomic E-state index is 0.271. The number of carbonyl (C=O) groups is 2. The van der Waals surface area contributed by atoms with E-state index in [0.717, 1.165) is 12.8 Å². The van der Waals surface area contributed by atoms with Gasteiger partial charge in [0.15, 0.2) is 0 Å². The molecule has 2 nitrogen and oxygen atoms in total. The fourth-order valence-corrected chi connectivity index (χ4v) is 1.75. The summed E-state index contributed by atoms with van der Waals surface area (Å²) in [6.45, 7) is 4.10. The van der Waals surface area contributed by atoms with E-state index in [0.29, 0.717) is 17.9 Å². The SMILES string of the molecule is CCCC(C)CC(=O)C(=O)c1ccccc1. The highest BCUT2D eigenvalue weighted by Gasteiger charge is 2.17. The number of carbonyl (C=O) groups excluding carboxylic acids is 2. The monoisotopic (exact) mass is 218 g/mol. The van der Waals surface area contributed by atoms with Crippen molar-refractivity contribution in [1.82, 2.24) is 0 Å². The average Bonchev–Trinajstić information content (AvgIpc) is 2.29. The maximum Gasteiger partial charge on any atom is 0.228 e. The van der Waals surface area contributed by atoms with Gasteiger partial charge in [-0.05, 0) is 5.92 Å². The molecule has 0 saturated carbocycles. The molecule has 1 rings (SSSR count). The van der Waals surface area contributed by atoms with Crippen LogP contribution in [0.4, 0.5) is 0 Å². The highest BCUT2D eigenvalue weighted by molar-refractivity contribution is 6.43. The van der Waals surface area contributed by atoms with Gasteiger partial charge in [-0.3, -0.25) is 9.59 Å². The Bertz CT molecular complexity index is 354. The number of hydrogen-bond donors (Lipinski definition) is 0. The van der Waals surface area contributed by atoms with Crippen molar-refractivity contribution in [3.05, 3.63) is 35.9 Å². The minimum Gasteiger partial charge on any atom is -0.290 e. The van der Waals surface area contributed by atoms with Gasteiger partial charge in [-0.2, -0.15) is 0 Å². The second-order valence-corrected chi connectivity index (χ2v) is 4.22. The largest absolute Gasteiger partial charge is 0.290 e. The third kappa shape index (κ3) is 3.61. The summed E-state index contributed by atoms with van der Waals surface area (Å²) in [7, 11) is 0. The van der Waals surface area contributed by atoms with Crippen molar-refractivity contribution in [2.75, 3.05) is 0 Å². The zero-order chi connectivity index (χ0) is 12.0. The molecule has 0 spiro atoms. The summed E-state index contributed by atoms with van der Waals surface area (Å²) in [6.07, 6.45) is 2.41. The Kier molecular flexibility index (Phi) is 4.90. The van der Waals surface area contributed by atoms with E-state index in [1.807, 2.05) is 13.0 Å². The molecule has 0 saturated heterocycles. The summed E-state index contributed by atoms with van der Waals surface area (Å²) in [6, 6.07) is 8.75. The van der Waals surface area contributed by atoms with Gasteiger partial charge < -0.3 is 0 Å². The van der Waals surface area contributed by atoms with E-state index in [2.05, 4.69) is 6.92 Å². The molecule has 1 aromatic rings. The Hall–Kier alpha value is -1.44. The lowest BCUT2D eigenvalue weighted by molar-refractivity contribution is -0.115. The zero-order valence-electron chi connectivity index (χ0n) is 9.90. The molecule has 0 amide bonds. The Morgan fingerprint density at radius 2 is 1.81 bits per heavy atom. The summed E-state index contributed by atoms with van der Waals surface area (Å²) in [5.41, 5.74) is 0.496. The van der Waals surface area contributed by atoms with Crippen LogP contribution >= 0.6 is 0 Å².